The Hall–Kier alpha value is -1.81. The smallest absolute Gasteiger partial charge is 0.228 e. The van der Waals surface area contributed by atoms with Gasteiger partial charge < -0.3 is 5.32 Å². The number of aromatic nitrogens is 1. The Kier molecular flexibility index (Phi) is 4.48. The van der Waals surface area contributed by atoms with Gasteiger partial charge in [0, 0.05) is 23.0 Å². The quantitative estimate of drug-likeness (QED) is 0.934. The molecule has 0 radical (unpaired) electrons. The van der Waals surface area contributed by atoms with E-state index < -0.39 is 0 Å². The maximum absolute atomic E-state index is 12.8. The van der Waals surface area contributed by atoms with Gasteiger partial charge in [0.25, 0.3) is 0 Å². The first-order valence-corrected chi connectivity index (χ1v) is 8.57. The second-order valence-corrected chi connectivity index (χ2v) is 6.97. The molecular formula is C18H20N2OS. The molecule has 0 saturated carbocycles. The summed E-state index contributed by atoms with van der Waals surface area (Å²) in [7, 11) is 0. The van der Waals surface area contributed by atoms with Crippen LogP contribution in [-0.4, -0.2) is 16.6 Å². The largest absolute Gasteiger partial charge is 0.348 e. The minimum atomic E-state index is -0.0516. The maximum atomic E-state index is 12.8. The fourth-order valence-electron chi connectivity index (χ4n) is 2.84. The number of carbonyl (C=O) groups is 1. The Labute approximate surface area is 135 Å². The minimum absolute atomic E-state index is 0.0215. The zero-order valence-electron chi connectivity index (χ0n) is 12.8. The van der Waals surface area contributed by atoms with E-state index in [1.165, 1.54) is 4.90 Å². The zero-order valence-corrected chi connectivity index (χ0v) is 13.6. The van der Waals surface area contributed by atoms with Gasteiger partial charge in [0.05, 0.1) is 12.0 Å². The number of fused-ring (bicyclic) bond motifs is 1. The van der Waals surface area contributed by atoms with Crippen LogP contribution in [-0.2, 0) is 4.79 Å². The maximum Gasteiger partial charge on any atom is 0.228 e. The molecule has 114 valence electrons. The lowest BCUT2D eigenvalue weighted by molar-refractivity contribution is -0.123. The van der Waals surface area contributed by atoms with Crippen molar-refractivity contribution >= 4 is 17.7 Å². The molecule has 1 aromatic heterocycles. The van der Waals surface area contributed by atoms with E-state index in [1.54, 1.807) is 24.2 Å². The molecule has 0 fully saturated rings. The average Bonchev–Trinajstić information content (AvgIpc) is 2.97. The van der Waals surface area contributed by atoms with E-state index in [2.05, 4.69) is 36.3 Å². The molecule has 22 heavy (non-hydrogen) atoms. The first-order chi connectivity index (χ1) is 10.7. The molecule has 1 aliphatic rings. The molecule has 0 spiro atoms. The molecule has 2 atom stereocenters. The number of hydrogen-bond acceptors (Lipinski definition) is 3. The van der Waals surface area contributed by atoms with Crippen LogP contribution in [0.2, 0.25) is 0 Å². The Morgan fingerprint density at radius 1 is 1.23 bits per heavy atom. The van der Waals surface area contributed by atoms with Crippen molar-refractivity contribution in [2.24, 2.45) is 5.92 Å². The van der Waals surface area contributed by atoms with E-state index in [-0.39, 0.29) is 17.9 Å². The van der Waals surface area contributed by atoms with Crippen LogP contribution in [0.15, 0.2) is 53.7 Å². The summed E-state index contributed by atoms with van der Waals surface area (Å²) in [4.78, 5) is 18.0. The van der Waals surface area contributed by atoms with Crippen molar-refractivity contribution in [1.29, 1.82) is 0 Å². The number of thioether (sulfide) groups is 1. The number of nitrogens with zero attached hydrogens (tertiary/aromatic N) is 1. The average molecular weight is 312 g/mol. The van der Waals surface area contributed by atoms with Crippen LogP contribution < -0.4 is 5.32 Å². The van der Waals surface area contributed by atoms with Crippen molar-refractivity contribution in [3.05, 3.63) is 59.9 Å². The van der Waals surface area contributed by atoms with Gasteiger partial charge in [-0.3, -0.25) is 9.78 Å². The van der Waals surface area contributed by atoms with E-state index in [0.717, 1.165) is 16.9 Å². The highest BCUT2D eigenvalue weighted by Gasteiger charge is 2.31. The highest BCUT2D eigenvalue weighted by atomic mass is 32.2. The third kappa shape index (κ3) is 3.02. The minimum Gasteiger partial charge on any atom is -0.348 e. The third-order valence-electron chi connectivity index (χ3n) is 4.05. The van der Waals surface area contributed by atoms with Gasteiger partial charge in [-0.2, -0.15) is 0 Å². The Morgan fingerprint density at radius 3 is 2.68 bits per heavy atom. The van der Waals surface area contributed by atoms with Gasteiger partial charge in [-0.05, 0) is 35.2 Å². The van der Waals surface area contributed by atoms with Gasteiger partial charge in [0.1, 0.15) is 0 Å². The van der Waals surface area contributed by atoms with Crippen LogP contribution in [0.4, 0.5) is 0 Å². The van der Waals surface area contributed by atoms with Gasteiger partial charge in [-0.15, -0.1) is 11.8 Å². The van der Waals surface area contributed by atoms with Gasteiger partial charge in [-0.25, -0.2) is 0 Å². The SMILES string of the molecule is CC(C)[C@@H](NC(=O)[C@@H]1CSc2ccccc21)c1ccncc1. The summed E-state index contributed by atoms with van der Waals surface area (Å²) in [5, 5.41) is 3.24. The molecule has 0 bridgehead atoms. The van der Waals surface area contributed by atoms with Crippen molar-refractivity contribution in [1.82, 2.24) is 10.3 Å². The predicted octanol–water partition coefficient (Wildman–Crippen LogP) is 3.78. The Morgan fingerprint density at radius 2 is 1.95 bits per heavy atom. The molecule has 3 rings (SSSR count). The van der Waals surface area contributed by atoms with Gasteiger partial charge in [-0.1, -0.05) is 32.0 Å². The lowest BCUT2D eigenvalue weighted by Gasteiger charge is -2.24. The molecule has 1 aromatic carbocycles. The van der Waals surface area contributed by atoms with E-state index in [9.17, 15) is 4.79 Å². The Bertz CT molecular complexity index is 657. The van der Waals surface area contributed by atoms with Gasteiger partial charge in [0.2, 0.25) is 5.91 Å². The van der Waals surface area contributed by atoms with E-state index >= 15 is 0 Å². The van der Waals surface area contributed by atoms with Crippen molar-refractivity contribution in [3.8, 4) is 0 Å². The first kappa shape index (κ1) is 15.1. The summed E-state index contributed by atoms with van der Waals surface area (Å²) in [6, 6.07) is 12.2. The van der Waals surface area contributed by atoms with Crippen LogP contribution in [0, 0.1) is 5.92 Å². The molecule has 1 N–H and O–H groups in total. The number of benzene rings is 1. The topological polar surface area (TPSA) is 42.0 Å². The normalized spacial score (nSPS) is 18.0. The molecular weight excluding hydrogens is 292 g/mol. The standard InChI is InChI=1S/C18H20N2OS/c1-12(2)17(13-7-9-19-10-8-13)20-18(21)15-11-22-16-6-4-3-5-14(15)16/h3-10,12,15,17H,11H2,1-2H3,(H,20,21)/t15-,17-/m1/s1. The molecule has 0 saturated heterocycles. The highest BCUT2D eigenvalue weighted by Crippen LogP contribution is 2.39. The van der Waals surface area contributed by atoms with Crippen molar-refractivity contribution < 1.29 is 4.79 Å². The number of pyridine rings is 1. The fraction of sp³-hybridized carbons (Fsp3) is 0.333. The second-order valence-electron chi connectivity index (χ2n) is 5.91. The van der Waals surface area contributed by atoms with Gasteiger partial charge in [0.15, 0.2) is 0 Å². The number of hydrogen-bond donors (Lipinski definition) is 1. The van der Waals surface area contributed by atoms with Crippen molar-refractivity contribution in [2.45, 2.75) is 30.7 Å². The van der Waals surface area contributed by atoms with Crippen LogP contribution in [0.5, 0.6) is 0 Å². The van der Waals surface area contributed by atoms with E-state index in [1.807, 2.05) is 24.3 Å². The Balaban J connectivity index is 1.78. The van der Waals surface area contributed by atoms with Crippen LogP contribution >= 0.6 is 11.8 Å². The summed E-state index contributed by atoms with van der Waals surface area (Å²) >= 11 is 1.76. The van der Waals surface area contributed by atoms with Crippen molar-refractivity contribution in [2.75, 3.05) is 5.75 Å². The molecule has 2 heterocycles. The highest BCUT2D eigenvalue weighted by molar-refractivity contribution is 7.99. The van der Waals surface area contributed by atoms with Gasteiger partial charge >= 0.3 is 0 Å². The lowest BCUT2D eigenvalue weighted by Crippen LogP contribution is -2.35. The van der Waals surface area contributed by atoms with Crippen LogP contribution in [0.25, 0.3) is 0 Å². The van der Waals surface area contributed by atoms with Crippen LogP contribution in [0.3, 0.4) is 0 Å². The number of carbonyl (C=O) groups excluding carboxylic acids is 1. The third-order valence-corrected chi connectivity index (χ3v) is 5.23. The fourth-order valence-corrected chi connectivity index (χ4v) is 4.07. The second kappa shape index (κ2) is 6.53. The summed E-state index contributed by atoms with van der Waals surface area (Å²) in [5.41, 5.74) is 2.26. The van der Waals surface area contributed by atoms with Crippen LogP contribution in [0.1, 0.15) is 36.9 Å². The first-order valence-electron chi connectivity index (χ1n) is 7.59. The summed E-state index contributed by atoms with van der Waals surface area (Å²) in [6.45, 7) is 4.26. The van der Waals surface area contributed by atoms with Crippen molar-refractivity contribution in [3.63, 3.8) is 0 Å². The number of amides is 1. The molecule has 0 aliphatic carbocycles. The number of rotatable bonds is 4. The summed E-state index contributed by atoms with van der Waals surface area (Å²) < 4.78 is 0. The van der Waals surface area contributed by atoms with E-state index in [4.69, 9.17) is 0 Å². The number of nitrogens with one attached hydrogen (secondary N) is 1. The molecule has 1 aliphatic heterocycles. The molecule has 0 unspecified atom stereocenters. The summed E-state index contributed by atoms with van der Waals surface area (Å²) in [6.07, 6.45) is 3.55. The molecule has 2 aromatic rings. The molecule has 3 nitrogen and oxygen atoms in total. The lowest BCUT2D eigenvalue weighted by atomic mass is 9.94. The summed E-state index contributed by atoms with van der Waals surface area (Å²) in [5.74, 6) is 1.22. The predicted molar refractivity (Wildman–Crippen MR) is 89.9 cm³/mol. The monoisotopic (exact) mass is 312 g/mol. The van der Waals surface area contributed by atoms with E-state index in [0.29, 0.717) is 5.92 Å². The molecule has 4 heteroatoms. The molecule has 1 amide bonds. The zero-order chi connectivity index (χ0) is 15.5.